The zero-order valence-corrected chi connectivity index (χ0v) is 11.7. The Kier molecular flexibility index (Phi) is 4.27. The first-order valence-electron chi connectivity index (χ1n) is 5.71. The Morgan fingerprint density at radius 1 is 1.37 bits per heavy atom. The fraction of sp³-hybridized carbons (Fsp3) is 0.417. The number of likely N-dealkylation sites (tertiary alicyclic amines) is 1. The highest BCUT2D eigenvalue weighted by atomic mass is 35.5. The summed E-state index contributed by atoms with van der Waals surface area (Å²) in [6, 6.07) is 2.92. The number of carbonyl (C=O) groups is 2. The van der Waals surface area contributed by atoms with Crippen molar-refractivity contribution in [2.24, 2.45) is 5.92 Å². The number of amides is 1. The van der Waals surface area contributed by atoms with Gasteiger partial charge < -0.3 is 9.64 Å². The summed E-state index contributed by atoms with van der Waals surface area (Å²) in [4.78, 5) is 29.0. The van der Waals surface area contributed by atoms with Crippen LogP contribution < -0.4 is 0 Å². The van der Waals surface area contributed by atoms with Gasteiger partial charge in [-0.1, -0.05) is 23.2 Å². The molecule has 1 aliphatic rings. The lowest BCUT2D eigenvalue weighted by atomic mass is 10.1. The molecule has 2 heterocycles. The van der Waals surface area contributed by atoms with E-state index in [2.05, 4.69) is 9.72 Å². The summed E-state index contributed by atoms with van der Waals surface area (Å²) >= 11 is 11.5. The molecule has 1 unspecified atom stereocenters. The molecule has 1 aliphatic heterocycles. The van der Waals surface area contributed by atoms with Crippen molar-refractivity contribution in [1.29, 1.82) is 0 Å². The van der Waals surface area contributed by atoms with Crippen molar-refractivity contribution in [3.63, 3.8) is 0 Å². The standard InChI is InChI=1S/C12H12Cl2N2O3/c1-19-12(18)7-2-3-16(6-7)11(17)8-4-9(13)15-10(14)5-8/h4-5,7H,2-3,6H2,1H3. The molecule has 19 heavy (non-hydrogen) atoms. The van der Waals surface area contributed by atoms with Gasteiger partial charge in [-0.25, -0.2) is 4.98 Å². The Morgan fingerprint density at radius 2 is 2.00 bits per heavy atom. The highest BCUT2D eigenvalue weighted by Crippen LogP contribution is 2.22. The number of rotatable bonds is 2. The predicted molar refractivity (Wildman–Crippen MR) is 70.3 cm³/mol. The van der Waals surface area contributed by atoms with E-state index in [1.54, 1.807) is 4.90 Å². The zero-order valence-electron chi connectivity index (χ0n) is 10.2. The van der Waals surface area contributed by atoms with Gasteiger partial charge in [0.15, 0.2) is 0 Å². The van der Waals surface area contributed by atoms with Crippen molar-refractivity contribution in [3.05, 3.63) is 28.0 Å². The number of hydrogen-bond acceptors (Lipinski definition) is 4. The number of carbonyl (C=O) groups excluding carboxylic acids is 2. The van der Waals surface area contributed by atoms with Gasteiger partial charge in [-0.3, -0.25) is 9.59 Å². The van der Waals surface area contributed by atoms with Crippen molar-refractivity contribution >= 4 is 35.1 Å². The van der Waals surface area contributed by atoms with Crippen LogP contribution in [0.4, 0.5) is 0 Å². The maximum atomic E-state index is 12.2. The van der Waals surface area contributed by atoms with E-state index >= 15 is 0 Å². The largest absolute Gasteiger partial charge is 0.469 e. The number of nitrogens with zero attached hydrogens (tertiary/aromatic N) is 2. The van der Waals surface area contributed by atoms with Gasteiger partial charge in [-0.15, -0.1) is 0 Å². The molecule has 0 radical (unpaired) electrons. The van der Waals surface area contributed by atoms with Crippen molar-refractivity contribution in [2.45, 2.75) is 6.42 Å². The minimum atomic E-state index is -0.291. The maximum absolute atomic E-state index is 12.2. The highest BCUT2D eigenvalue weighted by molar-refractivity contribution is 6.33. The molecule has 1 aromatic rings. The first-order chi connectivity index (χ1) is 9.01. The van der Waals surface area contributed by atoms with Crippen molar-refractivity contribution < 1.29 is 14.3 Å². The molecule has 0 aromatic carbocycles. The molecular weight excluding hydrogens is 291 g/mol. The van der Waals surface area contributed by atoms with Gasteiger partial charge >= 0.3 is 5.97 Å². The Hall–Kier alpha value is -1.33. The normalized spacial score (nSPS) is 18.5. The lowest BCUT2D eigenvalue weighted by Crippen LogP contribution is -2.30. The Bertz CT molecular complexity index is 501. The van der Waals surface area contributed by atoms with Gasteiger partial charge in [-0.2, -0.15) is 0 Å². The van der Waals surface area contributed by atoms with Gasteiger partial charge in [0.05, 0.1) is 13.0 Å². The van der Waals surface area contributed by atoms with Crippen molar-refractivity contribution in [1.82, 2.24) is 9.88 Å². The monoisotopic (exact) mass is 302 g/mol. The quantitative estimate of drug-likeness (QED) is 0.619. The average Bonchev–Trinajstić information content (AvgIpc) is 2.85. The maximum Gasteiger partial charge on any atom is 0.310 e. The second kappa shape index (κ2) is 5.75. The van der Waals surface area contributed by atoms with E-state index in [4.69, 9.17) is 23.2 Å². The molecule has 1 atom stereocenters. The van der Waals surface area contributed by atoms with Gasteiger partial charge in [0.25, 0.3) is 5.91 Å². The van der Waals surface area contributed by atoms with Gasteiger partial charge in [0.2, 0.25) is 0 Å². The van der Waals surface area contributed by atoms with Crippen LogP contribution in [-0.4, -0.2) is 42.0 Å². The van der Waals surface area contributed by atoms with Crippen LogP contribution in [0, 0.1) is 5.92 Å². The van der Waals surface area contributed by atoms with Crippen LogP contribution in [0.2, 0.25) is 10.3 Å². The molecule has 0 N–H and O–H groups in total. The molecule has 1 fully saturated rings. The summed E-state index contributed by atoms with van der Waals surface area (Å²) in [6.45, 7) is 0.860. The first kappa shape index (κ1) is 14.1. The minimum Gasteiger partial charge on any atom is -0.469 e. The fourth-order valence-corrected chi connectivity index (χ4v) is 2.54. The minimum absolute atomic E-state index is 0.166. The third kappa shape index (κ3) is 3.16. The number of pyridine rings is 1. The van der Waals surface area contributed by atoms with E-state index in [0.29, 0.717) is 25.1 Å². The molecule has 0 saturated carbocycles. The third-order valence-corrected chi connectivity index (χ3v) is 3.41. The van der Waals surface area contributed by atoms with Gasteiger partial charge in [0.1, 0.15) is 10.3 Å². The lowest BCUT2D eigenvalue weighted by molar-refractivity contribution is -0.144. The molecule has 5 nitrogen and oxygen atoms in total. The van der Waals surface area contributed by atoms with Crippen molar-refractivity contribution in [2.75, 3.05) is 20.2 Å². The number of aromatic nitrogens is 1. The molecule has 1 aromatic heterocycles. The van der Waals surface area contributed by atoms with Crippen LogP contribution in [0.15, 0.2) is 12.1 Å². The Morgan fingerprint density at radius 3 is 2.58 bits per heavy atom. The molecule has 1 amide bonds. The summed E-state index contributed by atoms with van der Waals surface area (Å²) in [5, 5.41) is 0.333. The topological polar surface area (TPSA) is 59.5 Å². The average molecular weight is 303 g/mol. The molecule has 2 rings (SSSR count). The molecule has 1 saturated heterocycles. The van der Waals surface area contributed by atoms with Gasteiger partial charge in [-0.05, 0) is 18.6 Å². The lowest BCUT2D eigenvalue weighted by Gasteiger charge is -2.16. The smallest absolute Gasteiger partial charge is 0.310 e. The number of ether oxygens (including phenoxy) is 1. The van der Waals surface area contributed by atoms with Crippen LogP contribution in [0.25, 0.3) is 0 Å². The summed E-state index contributed by atoms with van der Waals surface area (Å²) in [5.74, 6) is -0.763. The molecule has 0 bridgehead atoms. The van der Waals surface area contributed by atoms with Crippen LogP contribution in [-0.2, 0) is 9.53 Å². The zero-order chi connectivity index (χ0) is 14.0. The van der Waals surface area contributed by atoms with Crippen LogP contribution in [0.3, 0.4) is 0 Å². The molecule has 7 heteroatoms. The van der Waals surface area contributed by atoms with Crippen LogP contribution in [0.1, 0.15) is 16.8 Å². The van der Waals surface area contributed by atoms with Crippen molar-refractivity contribution in [3.8, 4) is 0 Å². The molecule has 0 spiro atoms. The number of halogens is 2. The highest BCUT2D eigenvalue weighted by Gasteiger charge is 2.32. The van der Waals surface area contributed by atoms with E-state index in [-0.39, 0.29) is 28.1 Å². The van der Waals surface area contributed by atoms with Crippen LogP contribution in [0.5, 0.6) is 0 Å². The summed E-state index contributed by atoms with van der Waals surface area (Å²) in [7, 11) is 1.34. The molecule has 0 aliphatic carbocycles. The predicted octanol–water partition coefficient (Wildman–Crippen LogP) is 2.02. The number of methoxy groups -OCH3 is 1. The Balaban J connectivity index is 2.11. The first-order valence-corrected chi connectivity index (χ1v) is 6.47. The summed E-state index contributed by atoms with van der Waals surface area (Å²) in [5.41, 5.74) is 0.371. The van der Waals surface area contributed by atoms with E-state index in [0.717, 1.165) is 0 Å². The second-order valence-corrected chi connectivity index (χ2v) is 5.04. The summed E-state index contributed by atoms with van der Waals surface area (Å²) < 4.78 is 4.68. The molecular formula is C12H12Cl2N2O3. The summed E-state index contributed by atoms with van der Waals surface area (Å²) in [6.07, 6.45) is 0.602. The second-order valence-electron chi connectivity index (χ2n) is 4.26. The SMILES string of the molecule is COC(=O)C1CCN(C(=O)c2cc(Cl)nc(Cl)c2)C1. The molecule has 102 valence electrons. The fourth-order valence-electron chi connectivity index (χ4n) is 2.07. The third-order valence-electron chi connectivity index (χ3n) is 3.02. The number of hydrogen-bond donors (Lipinski definition) is 0. The van der Waals surface area contributed by atoms with Crippen LogP contribution >= 0.6 is 23.2 Å². The van der Waals surface area contributed by atoms with E-state index in [1.807, 2.05) is 0 Å². The number of esters is 1. The van der Waals surface area contributed by atoms with Gasteiger partial charge in [0, 0.05) is 18.7 Å². The van der Waals surface area contributed by atoms with E-state index in [1.165, 1.54) is 19.2 Å². The van der Waals surface area contributed by atoms with E-state index < -0.39 is 0 Å². The Labute approximate surface area is 120 Å². The van der Waals surface area contributed by atoms with E-state index in [9.17, 15) is 9.59 Å².